The second kappa shape index (κ2) is 9.83. The van der Waals surface area contributed by atoms with Crippen molar-refractivity contribution in [1.29, 1.82) is 0 Å². The highest BCUT2D eigenvalue weighted by molar-refractivity contribution is 5.82. The van der Waals surface area contributed by atoms with Crippen molar-refractivity contribution in [1.82, 2.24) is 0 Å². The SMILES string of the molecule is C=C(C)COCCCC(=O)CCC(=O)OC(C)C. The molecule has 104 valence electrons. The third-order valence-electron chi connectivity index (χ3n) is 2.07. The van der Waals surface area contributed by atoms with Crippen LogP contribution in [0.5, 0.6) is 0 Å². The zero-order valence-electron chi connectivity index (χ0n) is 11.7. The summed E-state index contributed by atoms with van der Waals surface area (Å²) < 4.78 is 10.2. The normalized spacial score (nSPS) is 10.4. The number of Topliss-reactive ketones (excluding diaryl/α,β-unsaturated/α-hetero) is 1. The van der Waals surface area contributed by atoms with Gasteiger partial charge in [-0.25, -0.2) is 0 Å². The van der Waals surface area contributed by atoms with E-state index >= 15 is 0 Å². The van der Waals surface area contributed by atoms with Crippen LogP contribution in [-0.2, 0) is 19.1 Å². The molecule has 0 amide bonds. The van der Waals surface area contributed by atoms with Gasteiger partial charge in [-0.15, -0.1) is 0 Å². The molecule has 0 saturated carbocycles. The summed E-state index contributed by atoms with van der Waals surface area (Å²) in [5.74, 6) is -0.230. The van der Waals surface area contributed by atoms with Crippen molar-refractivity contribution >= 4 is 11.8 Å². The van der Waals surface area contributed by atoms with Crippen LogP contribution < -0.4 is 0 Å². The lowest BCUT2D eigenvalue weighted by molar-refractivity contribution is -0.148. The number of carbonyl (C=O) groups excluding carboxylic acids is 2. The van der Waals surface area contributed by atoms with Gasteiger partial charge in [0.2, 0.25) is 0 Å². The molecular weight excluding hydrogens is 232 g/mol. The maximum Gasteiger partial charge on any atom is 0.306 e. The second-order valence-corrected chi connectivity index (χ2v) is 4.69. The molecular formula is C14H24O4. The minimum atomic E-state index is -0.308. The predicted molar refractivity (Wildman–Crippen MR) is 70.3 cm³/mol. The average Bonchev–Trinajstić information content (AvgIpc) is 2.24. The zero-order valence-corrected chi connectivity index (χ0v) is 11.7. The second-order valence-electron chi connectivity index (χ2n) is 4.69. The van der Waals surface area contributed by atoms with Crippen molar-refractivity contribution in [2.45, 2.75) is 52.6 Å². The Labute approximate surface area is 109 Å². The van der Waals surface area contributed by atoms with Crippen LogP contribution in [0.4, 0.5) is 0 Å². The Balaban J connectivity index is 3.48. The largest absolute Gasteiger partial charge is 0.463 e. The smallest absolute Gasteiger partial charge is 0.306 e. The molecule has 4 nitrogen and oxygen atoms in total. The summed E-state index contributed by atoms with van der Waals surface area (Å²) in [6.07, 6.45) is 1.44. The van der Waals surface area contributed by atoms with Crippen molar-refractivity contribution in [2.75, 3.05) is 13.2 Å². The fourth-order valence-corrected chi connectivity index (χ4v) is 1.31. The van der Waals surface area contributed by atoms with E-state index in [-0.39, 0.29) is 30.7 Å². The molecule has 0 bridgehead atoms. The summed E-state index contributed by atoms with van der Waals surface area (Å²) in [6.45, 7) is 10.3. The molecule has 18 heavy (non-hydrogen) atoms. The van der Waals surface area contributed by atoms with E-state index in [4.69, 9.17) is 9.47 Å². The van der Waals surface area contributed by atoms with E-state index in [1.165, 1.54) is 0 Å². The molecule has 0 rings (SSSR count). The molecule has 0 fully saturated rings. The minimum absolute atomic E-state index is 0.0784. The summed E-state index contributed by atoms with van der Waals surface area (Å²) >= 11 is 0. The average molecular weight is 256 g/mol. The molecule has 0 aromatic carbocycles. The lowest BCUT2D eigenvalue weighted by Crippen LogP contribution is -2.13. The zero-order chi connectivity index (χ0) is 14.0. The van der Waals surface area contributed by atoms with Gasteiger partial charge in [-0.2, -0.15) is 0 Å². The Kier molecular flexibility index (Phi) is 9.19. The lowest BCUT2D eigenvalue weighted by atomic mass is 10.1. The highest BCUT2D eigenvalue weighted by Gasteiger charge is 2.09. The van der Waals surface area contributed by atoms with Gasteiger partial charge in [0.25, 0.3) is 0 Å². The minimum Gasteiger partial charge on any atom is -0.463 e. The molecule has 0 N–H and O–H groups in total. The molecule has 0 aliphatic carbocycles. The van der Waals surface area contributed by atoms with Crippen LogP contribution in [0.25, 0.3) is 0 Å². The molecule has 0 atom stereocenters. The van der Waals surface area contributed by atoms with Gasteiger partial charge in [0.1, 0.15) is 5.78 Å². The fourth-order valence-electron chi connectivity index (χ4n) is 1.31. The van der Waals surface area contributed by atoms with Crippen LogP contribution >= 0.6 is 0 Å². The Bertz CT molecular complexity index is 282. The topological polar surface area (TPSA) is 52.6 Å². The van der Waals surface area contributed by atoms with E-state index in [1.54, 1.807) is 13.8 Å². The van der Waals surface area contributed by atoms with E-state index in [0.29, 0.717) is 26.1 Å². The van der Waals surface area contributed by atoms with Gasteiger partial charge in [-0.05, 0) is 27.2 Å². The molecule has 0 unspecified atom stereocenters. The molecule has 0 radical (unpaired) electrons. The van der Waals surface area contributed by atoms with Crippen molar-refractivity contribution in [3.05, 3.63) is 12.2 Å². The van der Waals surface area contributed by atoms with E-state index in [9.17, 15) is 9.59 Å². The Morgan fingerprint density at radius 1 is 1.17 bits per heavy atom. The fraction of sp³-hybridized carbons (Fsp3) is 0.714. The van der Waals surface area contributed by atoms with Crippen molar-refractivity contribution in [2.24, 2.45) is 0 Å². The van der Waals surface area contributed by atoms with Crippen molar-refractivity contribution in [3.8, 4) is 0 Å². The Hall–Kier alpha value is -1.16. The summed E-state index contributed by atoms with van der Waals surface area (Å²) in [7, 11) is 0. The van der Waals surface area contributed by atoms with Crippen molar-refractivity contribution in [3.63, 3.8) is 0 Å². The van der Waals surface area contributed by atoms with Gasteiger partial charge in [0, 0.05) is 19.4 Å². The predicted octanol–water partition coefficient (Wildman–Crippen LogP) is 2.66. The van der Waals surface area contributed by atoms with Crippen LogP contribution in [0.2, 0.25) is 0 Å². The quantitative estimate of drug-likeness (QED) is 0.342. The number of hydrogen-bond donors (Lipinski definition) is 0. The molecule has 0 aliphatic rings. The number of hydrogen-bond acceptors (Lipinski definition) is 4. The highest BCUT2D eigenvalue weighted by atomic mass is 16.5. The van der Waals surface area contributed by atoms with Crippen LogP contribution in [0.3, 0.4) is 0 Å². The molecule has 0 spiro atoms. The van der Waals surface area contributed by atoms with E-state index < -0.39 is 0 Å². The van der Waals surface area contributed by atoms with Crippen LogP contribution in [-0.4, -0.2) is 31.1 Å². The number of rotatable bonds is 10. The standard InChI is InChI=1S/C14H24O4/c1-11(2)10-17-9-5-6-13(15)7-8-14(16)18-12(3)4/h12H,1,5-10H2,2-4H3. The first-order chi connectivity index (χ1) is 8.41. The summed E-state index contributed by atoms with van der Waals surface area (Å²) in [4.78, 5) is 22.6. The van der Waals surface area contributed by atoms with E-state index in [2.05, 4.69) is 6.58 Å². The van der Waals surface area contributed by atoms with Crippen LogP contribution in [0, 0.1) is 0 Å². The van der Waals surface area contributed by atoms with Gasteiger partial charge in [0.15, 0.2) is 0 Å². The van der Waals surface area contributed by atoms with Gasteiger partial charge in [0.05, 0.1) is 19.1 Å². The molecule has 0 heterocycles. The summed E-state index contributed by atoms with van der Waals surface area (Å²) in [6, 6.07) is 0. The van der Waals surface area contributed by atoms with Crippen molar-refractivity contribution < 1.29 is 19.1 Å². The molecule has 0 aliphatic heterocycles. The maximum absolute atomic E-state index is 11.4. The number of carbonyl (C=O) groups is 2. The lowest BCUT2D eigenvalue weighted by Gasteiger charge is -2.07. The number of ketones is 1. The maximum atomic E-state index is 11.4. The van der Waals surface area contributed by atoms with E-state index in [1.807, 2.05) is 6.92 Å². The van der Waals surface area contributed by atoms with Gasteiger partial charge in [-0.3, -0.25) is 9.59 Å². The van der Waals surface area contributed by atoms with E-state index in [0.717, 1.165) is 5.57 Å². The number of esters is 1. The first kappa shape index (κ1) is 16.8. The Morgan fingerprint density at radius 2 is 1.83 bits per heavy atom. The molecule has 0 aromatic heterocycles. The van der Waals surface area contributed by atoms with Crippen LogP contribution in [0.15, 0.2) is 12.2 Å². The summed E-state index contributed by atoms with van der Waals surface area (Å²) in [5, 5.41) is 0. The van der Waals surface area contributed by atoms with Gasteiger partial charge < -0.3 is 9.47 Å². The summed E-state index contributed by atoms with van der Waals surface area (Å²) in [5.41, 5.74) is 0.970. The molecule has 0 saturated heterocycles. The first-order valence-corrected chi connectivity index (χ1v) is 6.35. The first-order valence-electron chi connectivity index (χ1n) is 6.35. The monoisotopic (exact) mass is 256 g/mol. The Morgan fingerprint density at radius 3 is 2.39 bits per heavy atom. The molecule has 4 heteroatoms. The highest BCUT2D eigenvalue weighted by Crippen LogP contribution is 2.02. The number of ether oxygens (including phenoxy) is 2. The van der Waals surface area contributed by atoms with Gasteiger partial charge in [-0.1, -0.05) is 12.2 Å². The molecule has 0 aromatic rings. The third-order valence-corrected chi connectivity index (χ3v) is 2.07. The van der Waals surface area contributed by atoms with Crippen LogP contribution in [0.1, 0.15) is 46.5 Å². The van der Waals surface area contributed by atoms with Gasteiger partial charge >= 0.3 is 5.97 Å². The third kappa shape index (κ3) is 11.3.